The Hall–Kier alpha value is -11.4. The summed E-state index contributed by atoms with van der Waals surface area (Å²) in [5.74, 6) is -4.31. The van der Waals surface area contributed by atoms with Crippen LogP contribution < -0.4 is 57.3 Å². The molecule has 1 atom stereocenters. The highest BCUT2D eigenvalue weighted by atomic mass is 16.5. The number of hydrogen-bond acceptors (Lipinski definition) is 18. The molecule has 94 heavy (non-hydrogen) atoms. The van der Waals surface area contributed by atoms with Crippen LogP contribution in [0.25, 0.3) is 0 Å². The highest BCUT2D eigenvalue weighted by Gasteiger charge is 2.33. The van der Waals surface area contributed by atoms with Crippen LogP contribution in [0.5, 0.6) is 11.5 Å². The topological polar surface area (TPSA) is 397 Å². The number of carbonyl (C=O) groups excluding carboxylic acids is 10. The van der Waals surface area contributed by atoms with Gasteiger partial charge in [0, 0.05) is 137 Å². The third-order valence-corrected chi connectivity index (χ3v) is 15.0. The van der Waals surface area contributed by atoms with E-state index in [0.29, 0.717) is 59.3 Å². The second kappa shape index (κ2) is 29.7. The van der Waals surface area contributed by atoms with Crippen LogP contribution >= 0.6 is 0 Å². The number of rotatable bonds is 28. The van der Waals surface area contributed by atoms with E-state index >= 15 is 0 Å². The van der Waals surface area contributed by atoms with E-state index in [1.165, 1.54) is 81.9 Å². The van der Waals surface area contributed by atoms with E-state index in [1.807, 2.05) is 23.9 Å². The van der Waals surface area contributed by atoms with Gasteiger partial charge in [0.25, 0.3) is 41.4 Å². The van der Waals surface area contributed by atoms with Crippen molar-refractivity contribution >= 4 is 106 Å². The number of methoxy groups -OCH3 is 1. The van der Waals surface area contributed by atoms with Crippen molar-refractivity contribution in [3.63, 3.8) is 0 Å². The molecule has 0 spiro atoms. The van der Waals surface area contributed by atoms with Crippen molar-refractivity contribution in [2.24, 2.45) is 47.3 Å². The molecule has 34 heteroatoms. The quantitative estimate of drug-likeness (QED) is 0.0318. The minimum atomic E-state index is -0.717. The Morgan fingerprint density at radius 2 is 1.00 bits per heavy atom. The second-order valence-corrected chi connectivity index (χ2v) is 22.6. The lowest BCUT2D eigenvalue weighted by Crippen LogP contribution is -2.35. The summed E-state index contributed by atoms with van der Waals surface area (Å²) < 4.78 is 20.1. The van der Waals surface area contributed by atoms with Crippen LogP contribution in [0.15, 0.2) is 66.4 Å². The zero-order chi connectivity index (χ0) is 67.5. The Morgan fingerprint density at radius 1 is 0.521 bits per heavy atom. The van der Waals surface area contributed by atoms with Crippen molar-refractivity contribution in [3.8, 4) is 11.5 Å². The summed E-state index contributed by atoms with van der Waals surface area (Å²) in [6, 6.07) is 6.32. The maximum absolute atomic E-state index is 13.3. The Labute approximate surface area is 538 Å². The van der Waals surface area contributed by atoms with Gasteiger partial charge in [0.15, 0.2) is 34.8 Å². The number of carbonyl (C=O) groups is 10. The Morgan fingerprint density at radius 3 is 1.53 bits per heavy atom. The summed E-state index contributed by atoms with van der Waals surface area (Å²) in [4.78, 5) is 156. The monoisotopic (exact) mass is 1290 g/mol. The molecule has 1 fully saturated rings. The number of imidazole rings is 4. The number of fused-ring (bicyclic) bond motifs is 2. The largest absolute Gasteiger partial charge is 0.493 e. The van der Waals surface area contributed by atoms with Crippen molar-refractivity contribution in [1.29, 1.82) is 0 Å². The molecule has 6 aromatic heterocycles. The molecule has 496 valence electrons. The minimum Gasteiger partial charge on any atom is -0.493 e. The summed E-state index contributed by atoms with van der Waals surface area (Å²) in [5, 5.41) is 24.1. The number of aliphatic imine (C=N–C) groups is 1. The van der Waals surface area contributed by atoms with Crippen molar-refractivity contribution in [2.75, 3.05) is 92.4 Å². The van der Waals surface area contributed by atoms with Gasteiger partial charge in [0.2, 0.25) is 41.0 Å². The van der Waals surface area contributed by atoms with Crippen molar-refractivity contribution in [2.45, 2.75) is 51.0 Å². The van der Waals surface area contributed by atoms with Gasteiger partial charge in [-0.1, -0.05) is 0 Å². The number of anilines is 6. The number of benzene rings is 1. The second-order valence-electron chi connectivity index (χ2n) is 22.6. The SMILES string of the molecule is COc1cc2c(cc1OCCCC(=O)Nc1cn(C)c(C(=O)Nc3cn(C)c(C(=O)NCCC(=O)Nc4cn(C)c(C(=O)Nc5cn(C)c(C(=O)NCCC(=O)Nc6cc(C(=O)Nc7cc(C(=O)NCCCN(C)C)n(C)c7)n(C)c6)n5)n4)n3)n1)N=C[C@@H]1CCCN1C2=O. The normalized spacial score (nSPS) is 13.1. The zero-order valence-electron chi connectivity index (χ0n) is 53.3. The Balaban J connectivity index is 0.662. The number of nitrogens with zero attached hydrogens (tertiary/aromatic N) is 13. The third kappa shape index (κ3) is 16.5. The molecule has 0 bridgehead atoms. The number of aryl methyl sites for hydroxylation is 6. The molecule has 34 nitrogen and oxygen atoms in total. The first-order chi connectivity index (χ1) is 44.9. The van der Waals surface area contributed by atoms with E-state index in [-0.39, 0.29) is 115 Å². The summed E-state index contributed by atoms with van der Waals surface area (Å²) in [7, 11) is 14.9. The maximum atomic E-state index is 13.3. The molecule has 7 aromatic rings. The summed E-state index contributed by atoms with van der Waals surface area (Å²) in [5.41, 5.74) is 2.28. The molecule has 2 aliphatic rings. The van der Waals surface area contributed by atoms with E-state index in [0.717, 1.165) is 25.8 Å². The molecule has 9 rings (SSSR count). The van der Waals surface area contributed by atoms with Crippen LogP contribution in [0.2, 0.25) is 0 Å². The molecule has 8 heterocycles. The number of nitrogens with one attached hydrogen (secondary N) is 9. The highest BCUT2D eigenvalue weighted by Crippen LogP contribution is 2.38. The van der Waals surface area contributed by atoms with Crippen LogP contribution in [0.3, 0.4) is 0 Å². The average Bonchev–Trinajstić information content (AvgIpc) is 1.56. The maximum Gasteiger partial charge on any atom is 0.292 e. The first kappa shape index (κ1) is 67.0. The number of amides is 10. The van der Waals surface area contributed by atoms with Crippen molar-refractivity contribution in [3.05, 3.63) is 102 Å². The van der Waals surface area contributed by atoms with Gasteiger partial charge in [-0.3, -0.25) is 52.9 Å². The summed E-state index contributed by atoms with van der Waals surface area (Å²) >= 11 is 0. The standard InChI is InChI=1S/C60H74N22O12/c1-75(2)20-12-17-61-54(86)39-24-35(29-76(39)3)66-55(87)40-23-34(28-77(40)4)65-48(84)15-18-62-56(88)50-71-45(32-78(50)5)74-59(91)53-70-44(31-81(53)8)68-49(85)16-19-63-57(89)51-72-46(33-79(51)6)73-58(90)52-69-43(30-80(52)7)67-47(83)14-11-22-94-42-26-38-37(25-41(42)93-9)60(92)82-21-10-13-36(82)27-64-38/h23-33,36H,10-22H2,1-9H3,(H,61,86)(H,62,88)(H,63,89)(H,65,84)(H,66,87)(H,67,83)(H,68,85)(H,73,90)(H,74,91)/t36-/m0/s1. The van der Waals surface area contributed by atoms with Gasteiger partial charge in [-0.05, 0) is 64.5 Å². The third-order valence-electron chi connectivity index (χ3n) is 15.0. The molecule has 2 aliphatic heterocycles. The molecule has 0 radical (unpaired) electrons. The van der Waals surface area contributed by atoms with Gasteiger partial charge >= 0.3 is 0 Å². The van der Waals surface area contributed by atoms with Crippen LogP contribution in [-0.4, -0.2) is 189 Å². The lowest BCUT2D eigenvalue weighted by atomic mass is 10.1. The van der Waals surface area contributed by atoms with Gasteiger partial charge < -0.3 is 94.5 Å². The molecule has 1 aromatic carbocycles. The van der Waals surface area contributed by atoms with E-state index < -0.39 is 41.4 Å². The molecule has 0 aliphatic carbocycles. The van der Waals surface area contributed by atoms with Crippen LogP contribution in [-0.2, 0) is 56.7 Å². The van der Waals surface area contributed by atoms with Gasteiger partial charge in [-0.15, -0.1) is 0 Å². The minimum absolute atomic E-state index is 0.00793. The van der Waals surface area contributed by atoms with E-state index in [2.05, 4.69) is 72.8 Å². The predicted octanol–water partition coefficient (Wildman–Crippen LogP) is 2.38. The van der Waals surface area contributed by atoms with Gasteiger partial charge in [-0.2, -0.15) is 0 Å². The molecular formula is C60H74N22O12. The summed E-state index contributed by atoms with van der Waals surface area (Å²) in [6.45, 7) is 1.93. The van der Waals surface area contributed by atoms with E-state index in [9.17, 15) is 47.9 Å². The molecular weight excluding hydrogens is 1220 g/mol. The van der Waals surface area contributed by atoms with Gasteiger partial charge in [0.05, 0.1) is 42.4 Å². The molecule has 9 N–H and O–H groups in total. The Bertz CT molecular complexity index is 4100. The lowest BCUT2D eigenvalue weighted by Gasteiger charge is -2.20. The average molecular weight is 1300 g/mol. The fourth-order valence-corrected chi connectivity index (χ4v) is 10.3. The lowest BCUT2D eigenvalue weighted by molar-refractivity contribution is -0.117. The fraction of sp³-hybridized carbons (Fsp3) is 0.383. The predicted molar refractivity (Wildman–Crippen MR) is 343 cm³/mol. The molecule has 0 saturated carbocycles. The molecule has 1 saturated heterocycles. The van der Waals surface area contributed by atoms with Gasteiger partial charge in [0.1, 0.15) is 11.4 Å². The fourth-order valence-electron chi connectivity index (χ4n) is 10.3. The first-order valence-corrected chi connectivity index (χ1v) is 29.9. The van der Waals surface area contributed by atoms with Crippen LogP contribution in [0.4, 0.5) is 40.3 Å². The van der Waals surface area contributed by atoms with Crippen molar-refractivity contribution < 1.29 is 57.4 Å². The van der Waals surface area contributed by atoms with Crippen molar-refractivity contribution in [1.82, 2.24) is 73.1 Å². The van der Waals surface area contributed by atoms with Gasteiger partial charge in [-0.25, -0.2) is 19.9 Å². The summed E-state index contributed by atoms with van der Waals surface area (Å²) in [6.07, 6.45) is 13.2. The first-order valence-electron chi connectivity index (χ1n) is 29.9. The number of ether oxygens (including phenoxy) is 2. The van der Waals surface area contributed by atoms with Crippen LogP contribution in [0, 0.1) is 0 Å². The Kier molecular flexibility index (Phi) is 21.1. The number of hydrogen-bond donors (Lipinski definition) is 9. The van der Waals surface area contributed by atoms with E-state index in [1.54, 1.807) is 62.5 Å². The smallest absolute Gasteiger partial charge is 0.292 e. The molecule has 0 unspecified atom stereocenters. The number of aromatic nitrogens is 10. The van der Waals surface area contributed by atoms with Crippen LogP contribution in [0.1, 0.15) is 119 Å². The van der Waals surface area contributed by atoms with E-state index in [4.69, 9.17) is 9.47 Å². The highest BCUT2D eigenvalue weighted by molar-refractivity contribution is 6.07. The zero-order valence-corrected chi connectivity index (χ0v) is 53.3. The molecule has 10 amide bonds.